The maximum atomic E-state index is 13.6. The molecule has 7 heteroatoms. The second-order valence-electron chi connectivity index (χ2n) is 7.31. The molecule has 0 spiro atoms. The SMILES string of the molecule is CNC(=O)[C@H](Cc1ccccc1)N(Cc1ccccc1Cl)C(=O)Cc1c(Cl)cccc1Cl. The highest BCUT2D eigenvalue weighted by atomic mass is 35.5. The summed E-state index contributed by atoms with van der Waals surface area (Å²) in [5, 5.41) is 4.03. The molecule has 0 radical (unpaired) electrons. The molecule has 0 bridgehead atoms. The minimum atomic E-state index is -0.743. The molecule has 0 fully saturated rings. The van der Waals surface area contributed by atoms with Crippen molar-refractivity contribution >= 4 is 46.6 Å². The van der Waals surface area contributed by atoms with E-state index in [1.165, 1.54) is 0 Å². The molecule has 166 valence electrons. The standard InChI is InChI=1S/C25H23Cl3N2O2/c1-29-25(32)23(14-17-8-3-2-4-9-17)30(16-18-10-5-6-11-20(18)26)24(31)15-19-21(27)12-7-13-22(19)28/h2-13,23H,14-16H2,1H3,(H,29,32)/t23-/m0/s1. The zero-order chi connectivity index (χ0) is 23.1. The topological polar surface area (TPSA) is 49.4 Å². The molecule has 0 unspecified atom stereocenters. The second kappa shape index (κ2) is 11.4. The maximum absolute atomic E-state index is 13.6. The lowest BCUT2D eigenvalue weighted by atomic mass is 10.0. The first-order valence-electron chi connectivity index (χ1n) is 10.1. The summed E-state index contributed by atoms with van der Waals surface area (Å²) in [5.41, 5.74) is 2.21. The Morgan fingerprint density at radius 2 is 1.44 bits per heavy atom. The van der Waals surface area contributed by atoms with Gasteiger partial charge in [-0.15, -0.1) is 0 Å². The van der Waals surface area contributed by atoms with Crippen molar-refractivity contribution < 1.29 is 9.59 Å². The number of nitrogens with zero attached hydrogens (tertiary/aromatic N) is 1. The van der Waals surface area contributed by atoms with Gasteiger partial charge in [0.15, 0.2) is 0 Å². The van der Waals surface area contributed by atoms with E-state index in [1.807, 2.05) is 48.5 Å². The molecule has 3 aromatic rings. The third kappa shape index (κ3) is 6.04. The first-order chi connectivity index (χ1) is 15.4. The number of likely N-dealkylation sites (N-methyl/N-ethyl adjacent to an activating group) is 1. The quantitative estimate of drug-likeness (QED) is 0.449. The first-order valence-corrected chi connectivity index (χ1v) is 11.3. The summed E-state index contributed by atoms with van der Waals surface area (Å²) in [5.74, 6) is -0.538. The molecule has 3 rings (SSSR count). The highest BCUT2D eigenvalue weighted by Crippen LogP contribution is 2.27. The number of carbonyl (C=O) groups is 2. The van der Waals surface area contributed by atoms with Crippen molar-refractivity contribution in [3.8, 4) is 0 Å². The van der Waals surface area contributed by atoms with Gasteiger partial charge in [-0.3, -0.25) is 9.59 Å². The summed E-state index contributed by atoms with van der Waals surface area (Å²) in [6, 6.07) is 21.2. The van der Waals surface area contributed by atoms with Crippen molar-refractivity contribution in [2.24, 2.45) is 0 Å². The summed E-state index contributed by atoms with van der Waals surface area (Å²) >= 11 is 19.0. The van der Waals surface area contributed by atoms with E-state index in [2.05, 4.69) is 5.32 Å². The smallest absolute Gasteiger partial charge is 0.242 e. The molecular formula is C25H23Cl3N2O2. The second-order valence-corrected chi connectivity index (χ2v) is 8.53. The molecule has 0 saturated carbocycles. The van der Waals surface area contributed by atoms with Crippen molar-refractivity contribution in [3.63, 3.8) is 0 Å². The fourth-order valence-corrected chi connectivity index (χ4v) is 4.21. The number of halogens is 3. The van der Waals surface area contributed by atoms with Crippen LogP contribution in [0.2, 0.25) is 15.1 Å². The molecule has 0 heterocycles. The molecule has 0 saturated heterocycles. The van der Waals surface area contributed by atoms with Crippen LogP contribution in [0.4, 0.5) is 0 Å². The average molecular weight is 490 g/mol. The van der Waals surface area contributed by atoms with Crippen molar-refractivity contribution in [3.05, 3.63) is 105 Å². The van der Waals surface area contributed by atoms with Gasteiger partial charge < -0.3 is 10.2 Å². The van der Waals surface area contributed by atoms with E-state index in [0.29, 0.717) is 27.1 Å². The molecule has 3 aromatic carbocycles. The summed E-state index contributed by atoms with van der Waals surface area (Å²) < 4.78 is 0. The van der Waals surface area contributed by atoms with E-state index < -0.39 is 6.04 Å². The van der Waals surface area contributed by atoms with E-state index in [4.69, 9.17) is 34.8 Å². The maximum Gasteiger partial charge on any atom is 0.242 e. The van der Waals surface area contributed by atoms with E-state index in [0.717, 1.165) is 11.1 Å². The number of hydrogen-bond donors (Lipinski definition) is 1. The number of carbonyl (C=O) groups excluding carboxylic acids is 2. The number of benzene rings is 3. The minimum absolute atomic E-state index is 0.0365. The van der Waals surface area contributed by atoms with Gasteiger partial charge in [0.2, 0.25) is 11.8 Å². The van der Waals surface area contributed by atoms with Gasteiger partial charge in [0.25, 0.3) is 0 Å². The average Bonchev–Trinajstić information content (AvgIpc) is 2.80. The van der Waals surface area contributed by atoms with Crippen LogP contribution in [-0.2, 0) is 29.0 Å². The van der Waals surface area contributed by atoms with Gasteiger partial charge in [0.05, 0.1) is 6.42 Å². The van der Waals surface area contributed by atoms with Crippen molar-refractivity contribution in [2.75, 3.05) is 7.05 Å². The number of nitrogens with one attached hydrogen (secondary N) is 1. The third-order valence-corrected chi connectivity index (χ3v) is 6.28. The molecule has 0 aliphatic heterocycles. The molecule has 0 aliphatic carbocycles. The molecule has 2 amide bonds. The van der Waals surface area contributed by atoms with Crippen molar-refractivity contribution in [1.29, 1.82) is 0 Å². The summed E-state index contributed by atoms with van der Waals surface area (Å²) in [4.78, 5) is 28.1. The zero-order valence-electron chi connectivity index (χ0n) is 17.5. The highest BCUT2D eigenvalue weighted by Gasteiger charge is 2.30. The van der Waals surface area contributed by atoms with Crippen LogP contribution in [0.25, 0.3) is 0 Å². The molecule has 32 heavy (non-hydrogen) atoms. The van der Waals surface area contributed by atoms with Crippen molar-refractivity contribution in [1.82, 2.24) is 10.2 Å². The monoisotopic (exact) mass is 488 g/mol. The van der Waals surface area contributed by atoms with E-state index in [9.17, 15) is 9.59 Å². The normalized spacial score (nSPS) is 11.6. The van der Waals surface area contributed by atoms with Crippen LogP contribution in [0.15, 0.2) is 72.8 Å². The molecule has 1 atom stereocenters. The largest absolute Gasteiger partial charge is 0.357 e. The predicted molar refractivity (Wildman–Crippen MR) is 130 cm³/mol. The van der Waals surface area contributed by atoms with Crippen molar-refractivity contribution in [2.45, 2.75) is 25.4 Å². The van der Waals surface area contributed by atoms with Crippen LogP contribution in [0.3, 0.4) is 0 Å². The Balaban J connectivity index is 1.99. The van der Waals surface area contributed by atoms with Crippen LogP contribution >= 0.6 is 34.8 Å². The fourth-order valence-electron chi connectivity index (χ4n) is 3.48. The zero-order valence-corrected chi connectivity index (χ0v) is 19.8. The Labute approximate surface area is 203 Å². The summed E-state index contributed by atoms with van der Waals surface area (Å²) in [7, 11) is 1.56. The van der Waals surface area contributed by atoms with Gasteiger partial charge in [-0.25, -0.2) is 0 Å². The fraction of sp³-hybridized carbons (Fsp3) is 0.200. The lowest BCUT2D eigenvalue weighted by Gasteiger charge is -2.31. The molecular weight excluding hydrogens is 467 g/mol. The highest BCUT2D eigenvalue weighted by molar-refractivity contribution is 6.36. The van der Waals surface area contributed by atoms with Gasteiger partial charge in [-0.2, -0.15) is 0 Å². The van der Waals surface area contributed by atoms with Gasteiger partial charge in [-0.05, 0) is 34.9 Å². The summed E-state index contributed by atoms with van der Waals surface area (Å²) in [6.45, 7) is 0.172. The number of rotatable bonds is 8. The van der Waals surface area contributed by atoms with Crippen LogP contribution in [0.5, 0.6) is 0 Å². The van der Waals surface area contributed by atoms with Gasteiger partial charge in [-0.1, -0.05) is 89.4 Å². The Morgan fingerprint density at radius 3 is 2.06 bits per heavy atom. The minimum Gasteiger partial charge on any atom is -0.357 e. The van der Waals surface area contributed by atoms with E-state index in [-0.39, 0.29) is 24.8 Å². The van der Waals surface area contributed by atoms with Crippen LogP contribution in [0, 0.1) is 0 Å². The Hall–Kier alpha value is -2.53. The Morgan fingerprint density at radius 1 is 0.844 bits per heavy atom. The molecule has 0 aromatic heterocycles. The number of hydrogen-bond acceptors (Lipinski definition) is 2. The van der Waals surface area contributed by atoms with Gasteiger partial charge >= 0.3 is 0 Å². The van der Waals surface area contributed by atoms with Gasteiger partial charge in [0, 0.05) is 35.1 Å². The van der Waals surface area contributed by atoms with E-state index in [1.54, 1.807) is 36.2 Å². The molecule has 0 aliphatic rings. The summed E-state index contributed by atoms with van der Waals surface area (Å²) in [6.07, 6.45) is 0.318. The third-order valence-electron chi connectivity index (χ3n) is 5.21. The lowest BCUT2D eigenvalue weighted by molar-refractivity contribution is -0.140. The Bertz CT molecular complexity index is 1070. The molecule has 4 nitrogen and oxygen atoms in total. The first kappa shape index (κ1) is 24.1. The number of amides is 2. The predicted octanol–water partition coefficient (Wildman–Crippen LogP) is 5.58. The Kier molecular flexibility index (Phi) is 8.57. The van der Waals surface area contributed by atoms with E-state index >= 15 is 0 Å². The lowest BCUT2D eigenvalue weighted by Crippen LogP contribution is -2.50. The van der Waals surface area contributed by atoms with Gasteiger partial charge in [0.1, 0.15) is 6.04 Å². The van der Waals surface area contributed by atoms with Crippen LogP contribution < -0.4 is 5.32 Å². The van der Waals surface area contributed by atoms with Crippen LogP contribution in [-0.4, -0.2) is 29.8 Å². The molecule has 1 N–H and O–H groups in total. The van der Waals surface area contributed by atoms with Crippen LogP contribution in [0.1, 0.15) is 16.7 Å².